The Labute approximate surface area is 85.7 Å². The van der Waals surface area contributed by atoms with E-state index >= 15 is 0 Å². The summed E-state index contributed by atoms with van der Waals surface area (Å²) < 4.78 is 0. The van der Waals surface area contributed by atoms with E-state index in [1.54, 1.807) is 0 Å². The third-order valence-corrected chi connectivity index (χ3v) is 3.55. The Morgan fingerprint density at radius 1 is 1.00 bits per heavy atom. The molecule has 2 fully saturated rings. The largest absolute Gasteiger partial charge is 0.368 e. The minimum absolute atomic E-state index is 0.859. The molecule has 1 unspecified atom stereocenters. The van der Waals surface area contributed by atoms with Gasteiger partial charge < -0.3 is 4.90 Å². The van der Waals surface area contributed by atoms with Crippen LogP contribution < -0.4 is 4.90 Å². The third-order valence-electron chi connectivity index (χ3n) is 3.55. The van der Waals surface area contributed by atoms with Crippen LogP contribution in [-0.4, -0.2) is 12.6 Å². The number of rotatable bonds is 2. The van der Waals surface area contributed by atoms with Gasteiger partial charge in [-0.1, -0.05) is 18.2 Å². The summed E-state index contributed by atoms with van der Waals surface area (Å²) in [5, 5.41) is 0. The zero-order chi connectivity index (χ0) is 9.38. The molecular weight excluding hydrogens is 170 g/mol. The van der Waals surface area contributed by atoms with E-state index in [1.165, 1.54) is 37.9 Å². The second kappa shape index (κ2) is 3.30. The van der Waals surface area contributed by atoms with Gasteiger partial charge >= 0.3 is 0 Å². The highest BCUT2D eigenvalue weighted by atomic mass is 15.2. The highest BCUT2D eigenvalue weighted by Crippen LogP contribution is 2.41. The van der Waals surface area contributed by atoms with Gasteiger partial charge in [-0.3, -0.25) is 0 Å². The lowest BCUT2D eigenvalue weighted by Gasteiger charge is -2.26. The first kappa shape index (κ1) is 8.34. The molecule has 2 aliphatic rings. The van der Waals surface area contributed by atoms with Gasteiger partial charge in [-0.05, 0) is 43.7 Å². The molecular formula is C13H17N. The molecule has 1 aliphatic carbocycles. The number of anilines is 1. The van der Waals surface area contributed by atoms with Gasteiger partial charge in [-0.2, -0.15) is 0 Å². The maximum Gasteiger partial charge on any atom is 0.0368 e. The normalized spacial score (nSPS) is 26.9. The van der Waals surface area contributed by atoms with Gasteiger partial charge in [0.1, 0.15) is 0 Å². The standard InChI is InChI=1S/C13H17N/c1-2-5-12(6-3-1)14-10-4-7-13(14)11-8-9-11/h1-3,5-6,11,13H,4,7-10H2. The fourth-order valence-electron chi connectivity index (χ4n) is 2.70. The summed E-state index contributed by atoms with van der Waals surface area (Å²) in [6.07, 6.45) is 5.73. The third kappa shape index (κ3) is 1.41. The number of para-hydroxylation sites is 1. The second-order valence-corrected chi connectivity index (χ2v) is 4.58. The fraction of sp³-hybridized carbons (Fsp3) is 0.538. The zero-order valence-corrected chi connectivity index (χ0v) is 8.52. The van der Waals surface area contributed by atoms with Crippen LogP contribution in [0.4, 0.5) is 5.69 Å². The van der Waals surface area contributed by atoms with Crippen LogP contribution in [0.2, 0.25) is 0 Å². The predicted molar refractivity (Wildman–Crippen MR) is 59.5 cm³/mol. The summed E-state index contributed by atoms with van der Waals surface area (Å²) in [5.74, 6) is 1.01. The topological polar surface area (TPSA) is 3.24 Å². The monoisotopic (exact) mass is 187 g/mol. The Morgan fingerprint density at radius 3 is 2.50 bits per heavy atom. The minimum atomic E-state index is 0.859. The molecule has 1 aromatic carbocycles. The van der Waals surface area contributed by atoms with Crippen LogP contribution in [0.25, 0.3) is 0 Å². The summed E-state index contributed by atoms with van der Waals surface area (Å²) in [6, 6.07) is 11.8. The smallest absolute Gasteiger partial charge is 0.0368 e. The maximum absolute atomic E-state index is 2.62. The van der Waals surface area contributed by atoms with Crippen LogP contribution in [0.1, 0.15) is 25.7 Å². The molecule has 74 valence electrons. The molecule has 1 heteroatoms. The molecule has 1 nitrogen and oxygen atoms in total. The van der Waals surface area contributed by atoms with Crippen molar-refractivity contribution in [1.82, 2.24) is 0 Å². The first-order valence-corrected chi connectivity index (χ1v) is 5.77. The van der Waals surface area contributed by atoms with Gasteiger partial charge in [-0.15, -0.1) is 0 Å². The Bertz CT molecular complexity index is 302. The van der Waals surface area contributed by atoms with Crippen molar-refractivity contribution < 1.29 is 0 Å². The van der Waals surface area contributed by atoms with Crippen molar-refractivity contribution in [3.8, 4) is 0 Å². The molecule has 1 atom stereocenters. The van der Waals surface area contributed by atoms with Crippen LogP contribution in [0.5, 0.6) is 0 Å². The molecule has 0 spiro atoms. The van der Waals surface area contributed by atoms with Crippen LogP contribution in [0.3, 0.4) is 0 Å². The maximum atomic E-state index is 2.62. The van der Waals surface area contributed by atoms with E-state index in [4.69, 9.17) is 0 Å². The zero-order valence-electron chi connectivity index (χ0n) is 8.52. The summed E-state index contributed by atoms with van der Waals surface area (Å²) in [6.45, 7) is 1.27. The minimum Gasteiger partial charge on any atom is -0.368 e. The van der Waals surface area contributed by atoms with E-state index in [0.717, 1.165) is 12.0 Å². The Morgan fingerprint density at radius 2 is 1.79 bits per heavy atom. The molecule has 3 rings (SSSR count). The molecule has 1 aromatic rings. The van der Waals surface area contributed by atoms with Crippen LogP contribution >= 0.6 is 0 Å². The van der Waals surface area contributed by atoms with Crippen molar-refractivity contribution in [2.45, 2.75) is 31.7 Å². The number of hydrogen-bond acceptors (Lipinski definition) is 1. The van der Waals surface area contributed by atoms with E-state index in [2.05, 4.69) is 35.2 Å². The van der Waals surface area contributed by atoms with E-state index in [0.29, 0.717) is 0 Å². The highest BCUT2D eigenvalue weighted by Gasteiger charge is 2.37. The molecule has 1 aliphatic heterocycles. The lowest BCUT2D eigenvalue weighted by atomic mass is 10.1. The molecule has 1 saturated heterocycles. The molecule has 0 N–H and O–H groups in total. The molecule has 1 heterocycles. The Kier molecular flexibility index (Phi) is 1.97. The SMILES string of the molecule is c1ccc(N2CCCC2C2CC2)cc1. The average Bonchev–Trinajstić information content (AvgIpc) is 2.98. The molecule has 0 amide bonds. The van der Waals surface area contributed by atoms with Crippen molar-refractivity contribution in [2.75, 3.05) is 11.4 Å². The quantitative estimate of drug-likeness (QED) is 0.687. The first-order valence-electron chi connectivity index (χ1n) is 5.77. The molecule has 0 bridgehead atoms. The van der Waals surface area contributed by atoms with E-state index < -0.39 is 0 Å². The van der Waals surface area contributed by atoms with Crippen molar-refractivity contribution in [3.05, 3.63) is 30.3 Å². The van der Waals surface area contributed by atoms with Gasteiger partial charge in [0.05, 0.1) is 0 Å². The summed E-state index contributed by atoms with van der Waals surface area (Å²) >= 11 is 0. The number of hydrogen-bond donors (Lipinski definition) is 0. The molecule has 14 heavy (non-hydrogen) atoms. The molecule has 0 aromatic heterocycles. The summed E-state index contributed by atoms with van der Waals surface area (Å²) in [7, 11) is 0. The van der Waals surface area contributed by atoms with Gasteiger partial charge in [0.15, 0.2) is 0 Å². The number of benzene rings is 1. The van der Waals surface area contributed by atoms with Gasteiger partial charge in [0.2, 0.25) is 0 Å². The van der Waals surface area contributed by atoms with Gasteiger partial charge in [-0.25, -0.2) is 0 Å². The van der Waals surface area contributed by atoms with Crippen LogP contribution in [0.15, 0.2) is 30.3 Å². The van der Waals surface area contributed by atoms with Crippen LogP contribution in [-0.2, 0) is 0 Å². The predicted octanol–water partition coefficient (Wildman–Crippen LogP) is 3.07. The lowest BCUT2D eigenvalue weighted by molar-refractivity contribution is 0.592. The Hall–Kier alpha value is -0.980. The summed E-state index contributed by atoms with van der Waals surface area (Å²) in [5.41, 5.74) is 1.43. The number of nitrogens with zero attached hydrogens (tertiary/aromatic N) is 1. The van der Waals surface area contributed by atoms with Crippen molar-refractivity contribution >= 4 is 5.69 Å². The van der Waals surface area contributed by atoms with Gasteiger partial charge in [0.25, 0.3) is 0 Å². The first-order chi connectivity index (χ1) is 6.95. The fourth-order valence-corrected chi connectivity index (χ4v) is 2.70. The lowest BCUT2D eigenvalue weighted by Crippen LogP contribution is -2.30. The van der Waals surface area contributed by atoms with E-state index in [-0.39, 0.29) is 0 Å². The van der Waals surface area contributed by atoms with Crippen molar-refractivity contribution in [2.24, 2.45) is 5.92 Å². The van der Waals surface area contributed by atoms with Crippen molar-refractivity contribution in [3.63, 3.8) is 0 Å². The molecule has 1 saturated carbocycles. The highest BCUT2D eigenvalue weighted by molar-refractivity contribution is 5.48. The van der Waals surface area contributed by atoms with E-state index in [9.17, 15) is 0 Å². The average molecular weight is 187 g/mol. The van der Waals surface area contributed by atoms with E-state index in [1.807, 2.05) is 0 Å². The Balaban J connectivity index is 1.83. The van der Waals surface area contributed by atoms with Crippen LogP contribution in [0, 0.1) is 5.92 Å². The summed E-state index contributed by atoms with van der Waals surface area (Å²) in [4.78, 5) is 2.62. The van der Waals surface area contributed by atoms with Crippen molar-refractivity contribution in [1.29, 1.82) is 0 Å². The second-order valence-electron chi connectivity index (χ2n) is 4.58. The molecule has 0 radical (unpaired) electrons. The van der Waals surface area contributed by atoms with Gasteiger partial charge in [0, 0.05) is 18.3 Å².